The Kier molecular flexibility index (Phi) is 4.85. The predicted octanol–water partition coefficient (Wildman–Crippen LogP) is 3.35. The topological polar surface area (TPSA) is 72.0 Å². The summed E-state index contributed by atoms with van der Waals surface area (Å²) in [5.74, 6) is 0.0522. The first-order valence-corrected chi connectivity index (χ1v) is 9.71. The van der Waals surface area contributed by atoms with E-state index in [0.29, 0.717) is 11.6 Å². The van der Waals surface area contributed by atoms with Crippen LogP contribution < -0.4 is 4.90 Å². The molecule has 3 aromatic heterocycles. The number of anilines is 1. The van der Waals surface area contributed by atoms with Crippen molar-refractivity contribution in [3.8, 4) is 11.3 Å². The van der Waals surface area contributed by atoms with Crippen LogP contribution in [0.5, 0.6) is 0 Å². The lowest BCUT2D eigenvalue weighted by Gasteiger charge is -2.36. The van der Waals surface area contributed by atoms with E-state index in [9.17, 15) is 9.90 Å². The molecule has 1 N–H and O–H groups in total. The number of aromatic nitrogens is 3. The third-order valence-electron chi connectivity index (χ3n) is 5.58. The Labute approximate surface area is 164 Å². The normalized spacial score (nSPS) is 15.2. The zero-order chi connectivity index (χ0) is 19.8. The van der Waals surface area contributed by atoms with Gasteiger partial charge < -0.3 is 23.7 Å². The monoisotopic (exact) mass is 382 g/mol. The molecule has 1 fully saturated rings. The summed E-state index contributed by atoms with van der Waals surface area (Å²) in [5, 5.41) is 9.78. The minimum absolute atomic E-state index is 0.338. The first-order valence-electron chi connectivity index (χ1n) is 9.71. The summed E-state index contributed by atoms with van der Waals surface area (Å²) in [5.41, 5.74) is 3.85. The van der Waals surface area contributed by atoms with Gasteiger partial charge in [0, 0.05) is 61.9 Å². The van der Waals surface area contributed by atoms with Crippen LogP contribution in [0.1, 0.15) is 35.7 Å². The number of carboxylic acid groups (broad SMARTS) is 1. The van der Waals surface area contributed by atoms with Crippen LogP contribution in [-0.4, -0.2) is 50.8 Å². The Morgan fingerprint density at radius 1 is 1.32 bits per heavy atom. The molecule has 0 spiro atoms. The maximum absolute atomic E-state index is 11.9. The van der Waals surface area contributed by atoms with Crippen LogP contribution >= 0.6 is 0 Å². The number of hydrogen-bond acceptors (Lipinski definition) is 4. The number of aromatic carboxylic acids is 1. The number of carbonyl (C=O) groups is 1. The van der Waals surface area contributed by atoms with Crippen molar-refractivity contribution in [2.75, 3.05) is 24.7 Å². The van der Waals surface area contributed by atoms with Crippen molar-refractivity contribution < 1.29 is 14.6 Å². The largest absolute Gasteiger partial charge is 0.478 e. The number of aryl methyl sites for hydroxylation is 1. The van der Waals surface area contributed by atoms with E-state index >= 15 is 0 Å². The van der Waals surface area contributed by atoms with Crippen LogP contribution in [0, 0.1) is 6.92 Å². The Balaban J connectivity index is 1.92. The molecule has 28 heavy (non-hydrogen) atoms. The summed E-state index contributed by atoms with van der Waals surface area (Å²) in [6.45, 7) is 6.32. The van der Waals surface area contributed by atoms with Gasteiger partial charge in [-0.1, -0.05) is 0 Å². The summed E-state index contributed by atoms with van der Waals surface area (Å²) >= 11 is 0. The smallest absolute Gasteiger partial charge is 0.336 e. The van der Waals surface area contributed by atoms with Crippen LogP contribution in [0.25, 0.3) is 16.8 Å². The van der Waals surface area contributed by atoms with Crippen molar-refractivity contribution in [2.24, 2.45) is 7.05 Å². The summed E-state index contributed by atoms with van der Waals surface area (Å²) in [4.78, 5) is 18.7. The molecule has 1 aliphatic heterocycles. The fraction of sp³-hybridized carbons (Fsp3) is 0.429. The average Bonchev–Trinajstić information content (AvgIpc) is 3.30. The number of rotatable bonds is 5. The van der Waals surface area contributed by atoms with E-state index in [1.807, 2.05) is 30.8 Å². The highest BCUT2D eigenvalue weighted by Crippen LogP contribution is 2.33. The first kappa shape index (κ1) is 18.6. The van der Waals surface area contributed by atoms with E-state index in [4.69, 9.17) is 4.74 Å². The quantitative estimate of drug-likeness (QED) is 0.733. The molecular weight excluding hydrogens is 356 g/mol. The van der Waals surface area contributed by atoms with E-state index in [1.165, 1.54) is 0 Å². The second kappa shape index (κ2) is 7.31. The molecule has 0 bridgehead atoms. The van der Waals surface area contributed by atoms with Gasteiger partial charge in [-0.15, -0.1) is 0 Å². The van der Waals surface area contributed by atoms with Crippen molar-refractivity contribution in [1.82, 2.24) is 14.0 Å². The fourth-order valence-corrected chi connectivity index (χ4v) is 4.19. The highest BCUT2D eigenvalue weighted by atomic mass is 16.5. The zero-order valence-electron chi connectivity index (χ0n) is 16.6. The molecule has 148 valence electrons. The Hall–Kier alpha value is -2.80. The summed E-state index contributed by atoms with van der Waals surface area (Å²) in [7, 11) is 1.94. The number of imidazole rings is 1. The lowest BCUT2D eigenvalue weighted by atomic mass is 10.0. The van der Waals surface area contributed by atoms with Crippen molar-refractivity contribution >= 4 is 17.3 Å². The van der Waals surface area contributed by atoms with Gasteiger partial charge >= 0.3 is 5.97 Å². The molecule has 7 heteroatoms. The van der Waals surface area contributed by atoms with Crippen molar-refractivity contribution in [3.05, 3.63) is 42.0 Å². The molecule has 0 radical (unpaired) electrons. The Morgan fingerprint density at radius 2 is 2.07 bits per heavy atom. The van der Waals surface area contributed by atoms with Crippen LogP contribution in [-0.2, 0) is 11.8 Å². The van der Waals surface area contributed by atoms with Gasteiger partial charge in [-0.05, 0) is 38.8 Å². The van der Waals surface area contributed by atoms with E-state index in [0.717, 1.165) is 60.8 Å². The van der Waals surface area contributed by atoms with Crippen LogP contribution in [0.15, 0.2) is 30.9 Å². The number of pyridine rings is 1. The molecule has 4 rings (SSSR count). The van der Waals surface area contributed by atoms with E-state index in [-0.39, 0.29) is 0 Å². The van der Waals surface area contributed by atoms with Crippen LogP contribution in [0.3, 0.4) is 0 Å². The highest BCUT2D eigenvalue weighted by molar-refractivity contribution is 5.93. The molecule has 0 amide bonds. The minimum Gasteiger partial charge on any atom is -0.478 e. The van der Waals surface area contributed by atoms with Gasteiger partial charge in [0.2, 0.25) is 0 Å². The van der Waals surface area contributed by atoms with Gasteiger partial charge in [0.1, 0.15) is 5.82 Å². The molecule has 0 aliphatic carbocycles. The zero-order valence-corrected chi connectivity index (χ0v) is 16.6. The Morgan fingerprint density at radius 3 is 2.68 bits per heavy atom. The number of nitrogens with zero attached hydrogens (tertiary/aromatic N) is 4. The maximum Gasteiger partial charge on any atom is 0.336 e. The van der Waals surface area contributed by atoms with Gasteiger partial charge in [-0.2, -0.15) is 0 Å². The number of fused-ring (bicyclic) bond motifs is 1. The standard InChI is InChI=1S/C21H26N4O3/c1-4-24(16-5-7-28-8-6-16)20-14(2)18(21(26)27)10-17-9-15(11-25(17)20)19-12-23(3)13-22-19/h9-13,16H,4-8H2,1-3H3,(H,26,27). The van der Waals surface area contributed by atoms with Gasteiger partial charge in [0.05, 0.1) is 17.6 Å². The molecule has 7 nitrogen and oxygen atoms in total. The lowest BCUT2D eigenvalue weighted by molar-refractivity contribution is 0.0695. The second-order valence-electron chi connectivity index (χ2n) is 7.39. The van der Waals surface area contributed by atoms with Gasteiger partial charge in [-0.25, -0.2) is 9.78 Å². The van der Waals surface area contributed by atoms with Crippen molar-refractivity contribution in [3.63, 3.8) is 0 Å². The molecule has 1 aliphatic rings. The summed E-state index contributed by atoms with van der Waals surface area (Å²) in [6, 6.07) is 4.10. The number of carboxylic acids is 1. The van der Waals surface area contributed by atoms with Crippen molar-refractivity contribution in [1.29, 1.82) is 0 Å². The van der Waals surface area contributed by atoms with Gasteiger partial charge in [0.15, 0.2) is 0 Å². The van der Waals surface area contributed by atoms with Gasteiger partial charge in [0.25, 0.3) is 0 Å². The molecule has 0 aromatic carbocycles. The van der Waals surface area contributed by atoms with E-state index < -0.39 is 5.97 Å². The maximum atomic E-state index is 11.9. The fourth-order valence-electron chi connectivity index (χ4n) is 4.19. The summed E-state index contributed by atoms with van der Waals surface area (Å²) < 4.78 is 9.56. The highest BCUT2D eigenvalue weighted by Gasteiger charge is 2.26. The molecule has 1 saturated heterocycles. The van der Waals surface area contributed by atoms with Gasteiger partial charge in [-0.3, -0.25) is 0 Å². The average molecular weight is 382 g/mol. The first-order chi connectivity index (χ1) is 13.5. The predicted molar refractivity (Wildman–Crippen MR) is 108 cm³/mol. The molecular formula is C21H26N4O3. The van der Waals surface area contributed by atoms with Crippen LogP contribution in [0.4, 0.5) is 5.82 Å². The summed E-state index contributed by atoms with van der Waals surface area (Å²) in [6.07, 6.45) is 7.69. The lowest BCUT2D eigenvalue weighted by Crippen LogP contribution is -2.41. The third-order valence-corrected chi connectivity index (χ3v) is 5.58. The van der Waals surface area contributed by atoms with E-state index in [2.05, 4.69) is 27.4 Å². The van der Waals surface area contributed by atoms with Crippen LogP contribution in [0.2, 0.25) is 0 Å². The second-order valence-corrected chi connectivity index (χ2v) is 7.39. The molecule has 4 heterocycles. The SMILES string of the molecule is CCN(c1c(C)c(C(=O)O)cc2cc(-c3cn(C)cn3)cn12)C1CCOCC1. The molecule has 0 unspecified atom stereocenters. The minimum atomic E-state index is -0.898. The molecule has 0 atom stereocenters. The molecule has 3 aromatic rings. The molecule has 0 saturated carbocycles. The van der Waals surface area contributed by atoms with E-state index in [1.54, 1.807) is 12.4 Å². The van der Waals surface area contributed by atoms with Crippen molar-refractivity contribution in [2.45, 2.75) is 32.7 Å². The third kappa shape index (κ3) is 3.16. The number of hydrogen-bond donors (Lipinski definition) is 1. The Bertz CT molecular complexity index is 1010. The number of ether oxygens (including phenoxy) is 1.